The zero-order valence-corrected chi connectivity index (χ0v) is 12.3. The summed E-state index contributed by atoms with van der Waals surface area (Å²) in [4.78, 5) is 12.1. The van der Waals surface area contributed by atoms with Crippen LogP contribution in [0.25, 0.3) is 0 Å². The molecule has 1 unspecified atom stereocenters. The van der Waals surface area contributed by atoms with Crippen molar-refractivity contribution in [2.24, 2.45) is 5.73 Å². The Kier molecular flexibility index (Phi) is 4.89. The van der Waals surface area contributed by atoms with Crippen LogP contribution in [0, 0.1) is 0 Å². The number of H-pyrrole nitrogens is 1. The fourth-order valence-corrected chi connectivity index (χ4v) is 1.97. The first kappa shape index (κ1) is 15.0. The van der Waals surface area contributed by atoms with E-state index in [9.17, 15) is 4.79 Å². The summed E-state index contributed by atoms with van der Waals surface area (Å²) in [6.45, 7) is 1.76. The topological polar surface area (TPSA) is 93.0 Å². The molecule has 21 heavy (non-hydrogen) atoms. The lowest BCUT2D eigenvalue weighted by atomic mass is 10.2. The van der Waals surface area contributed by atoms with Gasteiger partial charge in [-0.1, -0.05) is 24.4 Å². The second kappa shape index (κ2) is 6.85. The van der Waals surface area contributed by atoms with Crippen molar-refractivity contribution in [2.45, 2.75) is 13.0 Å². The van der Waals surface area contributed by atoms with E-state index in [-0.39, 0.29) is 23.5 Å². The van der Waals surface area contributed by atoms with E-state index in [0.29, 0.717) is 11.3 Å². The number of nitrogens with one attached hydrogen (secondary N) is 2. The van der Waals surface area contributed by atoms with Gasteiger partial charge in [0.15, 0.2) is 6.61 Å². The first-order chi connectivity index (χ1) is 10.1. The molecular weight excluding hydrogens is 288 g/mol. The Morgan fingerprint density at radius 2 is 2.29 bits per heavy atom. The molecule has 0 aliphatic carbocycles. The van der Waals surface area contributed by atoms with Crippen molar-refractivity contribution in [3.05, 3.63) is 47.8 Å². The largest absolute Gasteiger partial charge is 0.483 e. The zero-order chi connectivity index (χ0) is 15.2. The molecule has 0 spiro atoms. The van der Waals surface area contributed by atoms with Gasteiger partial charge >= 0.3 is 0 Å². The molecule has 0 aliphatic heterocycles. The molecule has 0 aliphatic rings. The highest BCUT2D eigenvalue weighted by molar-refractivity contribution is 7.80. The van der Waals surface area contributed by atoms with Crippen LogP contribution >= 0.6 is 12.2 Å². The molecule has 4 N–H and O–H groups in total. The Labute approximate surface area is 127 Å². The molecule has 0 radical (unpaired) electrons. The average Bonchev–Trinajstić information content (AvgIpc) is 2.99. The van der Waals surface area contributed by atoms with Gasteiger partial charge in [0.05, 0.1) is 17.8 Å². The van der Waals surface area contributed by atoms with Crippen molar-refractivity contribution in [3.63, 3.8) is 0 Å². The molecule has 1 atom stereocenters. The molecule has 1 heterocycles. The Balaban J connectivity index is 1.91. The second-order valence-corrected chi connectivity index (χ2v) is 4.91. The molecule has 7 heteroatoms. The number of aromatic amines is 1. The number of hydrogen-bond donors (Lipinski definition) is 3. The van der Waals surface area contributed by atoms with Gasteiger partial charge in [-0.3, -0.25) is 9.89 Å². The van der Waals surface area contributed by atoms with Crippen molar-refractivity contribution in [2.75, 3.05) is 6.61 Å². The van der Waals surface area contributed by atoms with Crippen molar-refractivity contribution in [3.8, 4) is 5.75 Å². The molecule has 2 rings (SSSR count). The summed E-state index contributed by atoms with van der Waals surface area (Å²) in [5.74, 6) is 0.262. The summed E-state index contributed by atoms with van der Waals surface area (Å²) in [6, 6.07) is 6.93. The molecule has 110 valence electrons. The van der Waals surface area contributed by atoms with E-state index < -0.39 is 0 Å². The monoisotopic (exact) mass is 304 g/mol. The first-order valence-electron chi connectivity index (χ1n) is 6.37. The van der Waals surface area contributed by atoms with Gasteiger partial charge in [0.25, 0.3) is 5.91 Å². The zero-order valence-electron chi connectivity index (χ0n) is 11.5. The van der Waals surface area contributed by atoms with Crippen LogP contribution in [0.5, 0.6) is 5.75 Å². The number of nitrogens with two attached hydrogens (primary N) is 1. The fraction of sp³-hybridized carbons (Fsp3) is 0.214. The SMILES string of the molecule is CC(NC(=O)COc1ccccc1C(N)=S)c1cn[nH]c1. The van der Waals surface area contributed by atoms with E-state index in [0.717, 1.165) is 5.56 Å². The molecule has 2 aromatic rings. The minimum Gasteiger partial charge on any atom is -0.483 e. The predicted octanol–water partition coefficient (Wildman–Crippen LogP) is 1.30. The van der Waals surface area contributed by atoms with Gasteiger partial charge < -0.3 is 15.8 Å². The Hall–Kier alpha value is -2.41. The van der Waals surface area contributed by atoms with E-state index in [1.54, 1.807) is 30.6 Å². The minimum absolute atomic E-state index is 0.109. The maximum Gasteiger partial charge on any atom is 0.258 e. The third kappa shape index (κ3) is 4.03. The molecule has 1 aromatic heterocycles. The summed E-state index contributed by atoms with van der Waals surface area (Å²) in [5, 5.41) is 9.35. The maximum atomic E-state index is 11.9. The number of thiocarbonyl (C=S) groups is 1. The van der Waals surface area contributed by atoms with Gasteiger partial charge in [0.2, 0.25) is 0 Å². The van der Waals surface area contributed by atoms with Gasteiger partial charge in [0.1, 0.15) is 10.7 Å². The summed E-state index contributed by atoms with van der Waals surface area (Å²) in [5.41, 5.74) is 7.12. The van der Waals surface area contributed by atoms with Gasteiger partial charge in [-0.15, -0.1) is 0 Å². The smallest absolute Gasteiger partial charge is 0.258 e. The number of carbonyl (C=O) groups is 1. The lowest BCUT2D eigenvalue weighted by Gasteiger charge is -2.14. The van der Waals surface area contributed by atoms with E-state index in [1.807, 2.05) is 13.0 Å². The normalized spacial score (nSPS) is 11.7. The summed E-state index contributed by atoms with van der Waals surface area (Å²) >= 11 is 4.94. The molecule has 0 saturated heterocycles. The third-order valence-electron chi connectivity index (χ3n) is 2.91. The summed E-state index contributed by atoms with van der Waals surface area (Å²) in [6.07, 6.45) is 3.39. The molecular formula is C14H16N4O2S. The van der Waals surface area contributed by atoms with Crippen LogP contribution in [0.1, 0.15) is 24.1 Å². The Morgan fingerprint density at radius 1 is 1.52 bits per heavy atom. The molecule has 1 amide bonds. The number of hydrogen-bond acceptors (Lipinski definition) is 4. The Bertz CT molecular complexity index is 628. The lowest BCUT2D eigenvalue weighted by Crippen LogP contribution is -2.31. The fourth-order valence-electron chi connectivity index (χ4n) is 1.80. The number of ether oxygens (including phenoxy) is 1. The minimum atomic E-state index is -0.235. The quantitative estimate of drug-likeness (QED) is 0.700. The number of nitrogens with zero attached hydrogens (tertiary/aromatic N) is 1. The molecule has 0 fully saturated rings. The highest BCUT2D eigenvalue weighted by Crippen LogP contribution is 2.17. The third-order valence-corrected chi connectivity index (χ3v) is 3.13. The van der Waals surface area contributed by atoms with Gasteiger partial charge in [-0.2, -0.15) is 5.10 Å². The second-order valence-electron chi connectivity index (χ2n) is 4.47. The van der Waals surface area contributed by atoms with Crippen LogP contribution in [0.15, 0.2) is 36.7 Å². The van der Waals surface area contributed by atoms with Crippen molar-refractivity contribution in [1.29, 1.82) is 0 Å². The molecule has 6 nitrogen and oxygen atoms in total. The van der Waals surface area contributed by atoms with Crippen molar-refractivity contribution in [1.82, 2.24) is 15.5 Å². The van der Waals surface area contributed by atoms with Crippen LogP contribution in [0.3, 0.4) is 0 Å². The number of aromatic nitrogens is 2. The van der Waals surface area contributed by atoms with Gasteiger partial charge in [0, 0.05) is 11.8 Å². The van der Waals surface area contributed by atoms with E-state index in [1.165, 1.54) is 0 Å². The van der Waals surface area contributed by atoms with Crippen LogP contribution in [0.4, 0.5) is 0 Å². The highest BCUT2D eigenvalue weighted by Gasteiger charge is 2.12. The maximum absolute atomic E-state index is 11.9. The number of para-hydroxylation sites is 1. The van der Waals surface area contributed by atoms with E-state index >= 15 is 0 Å². The standard InChI is InChI=1S/C14H16N4O2S/c1-9(10-6-16-17-7-10)18-13(19)8-20-12-5-3-2-4-11(12)14(15)21/h2-7,9H,8H2,1H3,(H2,15,21)(H,16,17)(H,18,19). The van der Waals surface area contributed by atoms with E-state index in [4.69, 9.17) is 22.7 Å². The van der Waals surface area contributed by atoms with Crippen LogP contribution in [-0.2, 0) is 4.79 Å². The molecule has 0 bridgehead atoms. The number of benzene rings is 1. The highest BCUT2D eigenvalue weighted by atomic mass is 32.1. The summed E-state index contributed by atoms with van der Waals surface area (Å²) in [7, 11) is 0. The van der Waals surface area contributed by atoms with Crippen LogP contribution < -0.4 is 15.8 Å². The van der Waals surface area contributed by atoms with Crippen molar-refractivity contribution >= 4 is 23.1 Å². The number of carbonyl (C=O) groups excluding carboxylic acids is 1. The Morgan fingerprint density at radius 3 is 2.95 bits per heavy atom. The van der Waals surface area contributed by atoms with Crippen LogP contribution in [-0.4, -0.2) is 27.7 Å². The van der Waals surface area contributed by atoms with Crippen LogP contribution in [0.2, 0.25) is 0 Å². The van der Waals surface area contributed by atoms with Crippen molar-refractivity contribution < 1.29 is 9.53 Å². The molecule has 0 saturated carbocycles. The number of rotatable bonds is 6. The summed E-state index contributed by atoms with van der Waals surface area (Å²) < 4.78 is 5.48. The average molecular weight is 304 g/mol. The van der Waals surface area contributed by atoms with Gasteiger partial charge in [-0.05, 0) is 19.1 Å². The number of amides is 1. The van der Waals surface area contributed by atoms with Gasteiger partial charge in [-0.25, -0.2) is 0 Å². The predicted molar refractivity (Wildman–Crippen MR) is 83.0 cm³/mol. The molecule has 1 aromatic carbocycles. The van der Waals surface area contributed by atoms with E-state index in [2.05, 4.69) is 15.5 Å². The lowest BCUT2D eigenvalue weighted by molar-refractivity contribution is -0.123. The first-order valence-corrected chi connectivity index (χ1v) is 6.78.